The Morgan fingerprint density at radius 3 is 2.68 bits per heavy atom. The van der Waals surface area contributed by atoms with Crippen molar-refractivity contribution in [2.45, 2.75) is 44.0 Å². The molecule has 0 spiro atoms. The Hall–Kier alpha value is -2.16. The first-order chi connectivity index (χ1) is 13.4. The number of sulfonamides is 1. The summed E-state index contributed by atoms with van der Waals surface area (Å²) in [6.45, 7) is 5.85. The molecule has 2 N–H and O–H groups in total. The van der Waals surface area contributed by atoms with E-state index in [4.69, 9.17) is 4.42 Å². The summed E-state index contributed by atoms with van der Waals surface area (Å²) in [4.78, 5) is 14.0. The van der Waals surface area contributed by atoms with Crippen molar-refractivity contribution in [3.63, 3.8) is 0 Å². The fourth-order valence-electron chi connectivity index (χ4n) is 3.54. The summed E-state index contributed by atoms with van der Waals surface area (Å²) in [5, 5.41) is 2.83. The van der Waals surface area contributed by atoms with Crippen LogP contribution in [-0.2, 0) is 21.2 Å². The number of amides is 1. The standard InChI is InChI=1S/C20H27N3O4S/c1-3-23(4-2)18(19-8-6-12-27-19)14-21-28(25,26)16-10-11-17-15(13-16)7-5-9-20(24)22-17/h6,8,10-13,18,21H,3-5,7,9,14H2,1-2H3,(H,22,24). The van der Waals surface area contributed by atoms with Crippen LogP contribution in [0, 0.1) is 0 Å². The molecule has 1 atom stereocenters. The highest BCUT2D eigenvalue weighted by Crippen LogP contribution is 2.26. The van der Waals surface area contributed by atoms with Gasteiger partial charge in [-0.3, -0.25) is 9.69 Å². The van der Waals surface area contributed by atoms with Crippen LogP contribution in [0.15, 0.2) is 45.9 Å². The van der Waals surface area contributed by atoms with Crippen LogP contribution in [-0.4, -0.2) is 38.9 Å². The Kier molecular flexibility index (Phi) is 6.53. The van der Waals surface area contributed by atoms with Gasteiger partial charge in [-0.1, -0.05) is 13.8 Å². The van der Waals surface area contributed by atoms with Crippen LogP contribution < -0.4 is 10.0 Å². The average Bonchev–Trinajstić information content (AvgIpc) is 3.13. The Balaban J connectivity index is 1.79. The lowest BCUT2D eigenvalue weighted by Crippen LogP contribution is -2.37. The Bertz CT molecular complexity index is 906. The Labute approximate surface area is 166 Å². The van der Waals surface area contributed by atoms with Crippen LogP contribution in [0.3, 0.4) is 0 Å². The third-order valence-electron chi connectivity index (χ3n) is 5.10. The number of carbonyl (C=O) groups excluding carboxylic acids is 1. The SMILES string of the molecule is CCN(CC)C(CNS(=O)(=O)c1ccc2c(c1)CCCC(=O)N2)c1ccco1. The van der Waals surface area contributed by atoms with E-state index >= 15 is 0 Å². The average molecular weight is 406 g/mol. The molecule has 1 aromatic carbocycles. The number of nitrogens with one attached hydrogen (secondary N) is 2. The van der Waals surface area contributed by atoms with Crippen LogP contribution in [0.25, 0.3) is 0 Å². The molecule has 2 heterocycles. The van der Waals surface area contributed by atoms with E-state index in [-0.39, 0.29) is 23.4 Å². The molecule has 1 aliphatic rings. The highest BCUT2D eigenvalue weighted by Gasteiger charge is 2.24. The van der Waals surface area contributed by atoms with Crippen LogP contribution in [0.1, 0.15) is 44.1 Å². The van der Waals surface area contributed by atoms with Gasteiger partial charge in [-0.15, -0.1) is 0 Å². The van der Waals surface area contributed by atoms with Crippen LogP contribution in [0.4, 0.5) is 5.69 Å². The molecule has 0 saturated heterocycles. The normalized spacial score (nSPS) is 15.8. The first kappa shape index (κ1) is 20.6. The summed E-state index contributed by atoms with van der Waals surface area (Å²) in [5.74, 6) is 0.698. The molecule has 152 valence electrons. The van der Waals surface area contributed by atoms with Crippen LogP contribution in [0.5, 0.6) is 0 Å². The third-order valence-corrected chi connectivity index (χ3v) is 6.52. The summed E-state index contributed by atoms with van der Waals surface area (Å²) >= 11 is 0. The topological polar surface area (TPSA) is 91.7 Å². The number of carbonyl (C=O) groups is 1. The maximum absolute atomic E-state index is 12.9. The van der Waals surface area contributed by atoms with Crippen LogP contribution >= 0.6 is 0 Å². The van der Waals surface area contributed by atoms with Crippen LogP contribution in [0.2, 0.25) is 0 Å². The number of benzene rings is 1. The van der Waals surface area contributed by atoms with E-state index < -0.39 is 10.0 Å². The molecule has 3 rings (SSSR count). The van der Waals surface area contributed by atoms with E-state index in [2.05, 4.69) is 14.9 Å². The smallest absolute Gasteiger partial charge is 0.240 e. The van der Waals surface area contributed by atoms with Crippen molar-refractivity contribution in [3.05, 3.63) is 47.9 Å². The van der Waals surface area contributed by atoms with Gasteiger partial charge in [-0.2, -0.15) is 0 Å². The van der Waals surface area contributed by atoms with Crippen molar-refractivity contribution in [1.82, 2.24) is 9.62 Å². The molecule has 0 fully saturated rings. The van der Waals surface area contributed by atoms with Gasteiger partial charge in [0.25, 0.3) is 0 Å². The maximum Gasteiger partial charge on any atom is 0.240 e. The number of aryl methyl sites for hydroxylation is 1. The lowest BCUT2D eigenvalue weighted by atomic mass is 10.1. The van der Waals surface area contributed by atoms with E-state index in [9.17, 15) is 13.2 Å². The molecule has 0 aliphatic carbocycles. The second kappa shape index (κ2) is 8.89. The van der Waals surface area contributed by atoms with Gasteiger partial charge in [0.15, 0.2) is 0 Å². The molecule has 1 aliphatic heterocycles. The van der Waals surface area contributed by atoms with E-state index in [1.165, 1.54) is 6.07 Å². The zero-order valence-electron chi connectivity index (χ0n) is 16.3. The molecule has 1 unspecified atom stereocenters. The van der Waals surface area contributed by atoms with Gasteiger partial charge in [0.1, 0.15) is 5.76 Å². The molecule has 1 aromatic heterocycles. The monoisotopic (exact) mass is 405 g/mol. The first-order valence-electron chi connectivity index (χ1n) is 9.64. The molecule has 28 heavy (non-hydrogen) atoms. The number of fused-ring (bicyclic) bond motifs is 1. The minimum absolute atomic E-state index is 0.0343. The van der Waals surface area contributed by atoms with Crippen molar-refractivity contribution in [2.24, 2.45) is 0 Å². The lowest BCUT2D eigenvalue weighted by molar-refractivity contribution is -0.116. The fraction of sp³-hybridized carbons (Fsp3) is 0.450. The maximum atomic E-state index is 12.9. The highest BCUT2D eigenvalue weighted by molar-refractivity contribution is 7.89. The molecule has 7 nitrogen and oxygen atoms in total. The van der Waals surface area contributed by atoms with Crippen molar-refractivity contribution >= 4 is 21.6 Å². The predicted octanol–water partition coefficient (Wildman–Crippen LogP) is 2.92. The molecule has 1 amide bonds. The number of likely N-dealkylation sites (N-methyl/N-ethyl adjacent to an activating group) is 1. The molecule has 0 radical (unpaired) electrons. The molecular weight excluding hydrogens is 378 g/mol. The zero-order valence-corrected chi connectivity index (χ0v) is 17.1. The Morgan fingerprint density at radius 2 is 2.00 bits per heavy atom. The van der Waals surface area contributed by atoms with Gasteiger partial charge in [0.05, 0.1) is 17.2 Å². The largest absolute Gasteiger partial charge is 0.468 e. The minimum atomic E-state index is -3.69. The first-order valence-corrected chi connectivity index (χ1v) is 11.1. The number of anilines is 1. The summed E-state index contributed by atoms with van der Waals surface area (Å²) in [6.07, 6.45) is 3.43. The number of nitrogens with zero attached hydrogens (tertiary/aromatic N) is 1. The minimum Gasteiger partial charge on any atom is -0.468 e. The quantitative estimate of drug-likeness (QED) is 0.705. The predicted molar refractivity (Wildman–Crippen MR) is 108 cm³/mol. The molecule has 0 saturated carbocycles. The van der Waals surface area contributed by atoms with Gasteiger partial charge in [0, 0.05) is 18.7 Å². The van der Waals surface area contributed by atoms with Gasteiger partial charge in [-0.25, -0.2) is 13.1 Å². The van der Waals surface area contributed by atoms with E-state index in [0.29, 0.717) is 24.9 Å². The number of hydrogen-bond acceptors (Lipinski definition) is 5. The fourth-order valence-corrected chi connectivity index (χ4v) is 4.63. The number of rotatable bonds is 8. The lowest BCUT2D eigenvalue weighted by Gasteiger charge is -2.28. The van der Waals surface area contributed by atoms with E-state index in [1.54, 1.807) is 24.5 Å². The van der Waals surface area contributed by atoms with Crippen molar-refractivity contribution in [1.29, 1.82) is 0 Å². The molecule has 8 heteroatoms. The second-order valence-corrected chi connectivity index (χ2v) is 8.59. The van der Waals surface area contributed by atoms with Gasteiger partial charge in [0.2, 0.25) is 15.9 Å². The summed E-state index contributed by atoms with van der Waals surface area (Å²) < 4.78 is 34.0. The van der Waals surface area contributed by atoms with Crippen molar-refractivity contribution in [2.75, 3.05) is 25.0 Å². The van der Waals surface area contributed by atoms with Crippen molar-refractivity contribution < 1.29 is 17.6 Å². The molecular formula is C20H27N3O4S. The Morgan fingerprint density at radius 1 is 1.21 bits per heavy atom. The van der Waals surface area contributed by atoms with Gasteiger partial charge in [-0.05, 0) is 61.8 Å². The summed E-state index contributed by atoms with van der Waals surface area (Å²) in [6, 6.07) is 8.35. The van der Waals surface area contributed by atoms with Gasteiger partial charge >= 0.3 is 0 Å². The van der Waals surface area contributed by atoms with Crippen molar-refractivity contribution in [3.8, 4) is 0 Å². The van der Waals surface area contributed by atoms with E-state index in [0.717, 1.165) is 24.4 Å². The molecule has 0 bridgehead atoms. The second-order valence-electron chi connectivity index (χ2n) is 6.83. The summed E-state index contributed by atoms with van der Waals surface area (Å²) in [7, 11) is -3.69. The summed E-state index contributed by atoms with van der Waals surface area (Å²) in [5.41, 5.74) is 1.54. The number of furan rings is 1. The zero-order chi connectivity index (χ0) is 20.1. The third kappa shape index (κ3) is 4.63. The van der Waals surface area contributed by atoms with Gasteiger partial charge < -0.3 is 9.73 Å². The number of hydrogen-bond donors (Lipinski definition) is 2. The molecule has 2 aromatic rings. The van der Waals surface area contributed by atoms with E-state index in [1.807, 2.05) is 19.9 Å². The highest BCUT2D eigenvalue weighted by atomic mass is 32.2.